The molecule has 0 radical (unpaired) electrons. The van der Waals surface area contributed by atoms with Crippen molar-refractivity contribution in [3.8, 4) is 23.1 Å². The highest BCUT2D eigenvalue weighted by Crippen LogP contribution is 2.31. The smallest absolute Gasteiger partial charge is 0.274 e. The van der Waals surface area contributed by atoms with Crippen LogP contribution in [-0.4, -0.2) is 40.3 Å². The van der Waals surface area contributed by atoms with Gasteiger partial charge in [0.2, 0.25) is 5.75 Å². The minimum absolute atomic E-state index is 0.114. The SMILES string of the molecule is COc1cccc(CNC(=O)c2nc(C(C)C)nc(O)c2O)c1OC. The van der Waals surface area contributed by atoms with Crippen LogP contribution in [0.4, 0.5) is 0 Å². The van der Waals surface area contributed by atoms with Gasteiger partial charge in [-0.15, -0.1) is 0 Å². The third-order valence-electron chi connectivity index (χ3n) is 3.54. The first-order valence-corrected chi connectivity index (χ1v) is 7.67. The van der Waals surface area contributed by atoms with Crippen molar-refractivity contribution in [3.63, 3.8) is 0 Å². The molecule has 25 heavy (non-hydrogen) atoms. The quantitative estimate of drug-likeness (QED) is 0.732. The lowest BCUT2D eigenvalue weighted by atomic mass is 10.1. The predicted octanol–water partition coefficient (Wildman–Crippen LogP) is 1.96. The number of aromatic nitrogens is 2. The Bertz CT molecular complexity index is 777. The van der Waals surface area contributed by atoms with Crippen molar-refractivity contribution in [1.82, 2.24) is 15.3 Å². The summed E-state index contributed by atoms with van der Waals surface area (Å²) < 4.78 is 10.5. The Morgan fingerprint density at radius 1 is 1.20 bits per heavy atom. The Hall–Kier alpha value is -3.03. The molecule has 0 bridgehead atoms. The summed E-state index contributed by atoms with van der Waals surface area (Å²) in [5, 5.41) is 22.2. The number of carbonyl (C=O) groups excluding carboxylic acids is 1. The van der Waals surface area contributed by atoms with Crippen LogP contribution in [0.5, 0.6) is 23.1 Å². The average molecular weight is 347 g/mol. The number of nitrogens with zero attached hydrogens (tertiary/aromatic N) is 2. The van der Waals surface area contributed by atoms with Crippen LogP contribution in [-0.2, 0) is 6.54 Å². The van der Waals surface area contributed by atoms with Crippen molar-refractivity contribution < 1.29 is 24.5 Å². The van der Waals surface area contributed by atoms with Gasteiger partial charge in [-0.2, -0.15) is 4.98 Å². The standard InChI is InChI=1S/C17H21N3O5/c1-9(2)15-19-12(13(21)17(23)20-15)16(22)18-8-10-6-5-7-11(24-3)14(10)25-4/h5-7,9,21H,8H2,1-4H3,(H,18,22)(H,19,20,23). The molecular formula is C17H21N3O5. The van der Waals surface area contributed by atoms with Crippen molar-refractivity contribution >= 4 is 5.91 Å². The molecule has 134 valence electrons. The molecule has 0 spiro atoms. The molecule has 0 aliphatic heterocycles. The van der Waals surface area contributed by atoms with Gasteiger partial charge in [0.15, 0.2) is 17.2 Å². The van der Waals surface area contributed by atoms with E-state index in [1.165, 1.54) is 14.2 Å². The number of hydrogen-bond donors (Lipinski definition) is 3. The molecular weight excluding hydrogens is 326 g/mol. The van der Waals surface area contributed by atoms with Crippen molar-refractivity contribution in [2.75, 3.05) is 14.2 Å². The summed E-state index contributed by atoms with van der Waals surface area (Å²) in [6.45, 7) is 3.75. The Morgan fingerprint density at radius 3 is 2.52 bits per heavy atom. The maximum atomic E-state index is 12.4. The van der Waals surface area contributed by atoms with Crippen molar-refractivity contribution in [1.29, 1.82) is 0 Å². The van der Waals surface area contributed by atoms with Gasteiger partial charge in [0, 0.05) is 18.0 Å². The van der Waals surface area contributed by atoms with Crippen LogP contribution in [0, 0.1) is 0 Å². The fourth-order valence-electron chi connectivity index (χ4n) is 2.23. The fraction of sp³-hybridized carbons (Fsp3) is 0.353. The second kappa shape index (κ2) is 7.69. The molecule has 1 amide bonds. The van der Waals surface area contributed by atoms with E-state index in [4.69, 9.17) is 9.47 Å². The zero-order valence-electron chi connectivity index (χ0n) is 14.5. The number of aromatic hydroxyl groups is 2. The van der Waals surface area contributed by atoms with Gasteiger partial charge < -0.3 is 25.0 Å². The second-order valence-corrected chi connectivity index (χ2v) is 5.59. The van der Waals surface area contributed by atoms with Crippen LogP contribution in [0.15, 0.2) is 18.2 Å². The molecule has 2 rings (SSSR count). The molecule has 1 heterocycles. The lowest BCUT2D eigenvalue weighted by Crippen LogP contribution is -2.25. The molecule has 8 nitrogen and oxygen atoms in total. The number of rotatable bonds is 6. The van der Waals surface area contributed by atoms with E-state index in [0.29, 0.717) is 17.1 Å². The van der Waals surface area contributed by atoms with Gasteiger partial charge in [-0.05, 0) is 6.07 Å². The first-order chi connectivity index (χ1) is 11.9. The van der Waals surface area contributed by atoms with Crippen LogP contribution < -0.4 is 14.8 Å². The predicted molar refractivity (Wildman–Crippen MR) is 90.2 cm³/mol. The number of amides is 1. The summed E-state index contributed by atoms with van der Waals surface area (Å²) >= 11 is 0. The number of para-hydroxylation sites is 1. The van der Waals surface area contributed by atoms with E-state index in [2.05, 4.69) is 15.3 Å². The van der Waals surface area contributed by atoms with Crippen LogP contribution in [0.3, 0.4) is 0 Å². The van der Waals surface area contributed by atoms with Gasteiger partial charge in [0.25, 0.3) is 11.8 Å². The first kappa shape index (κ1) is 18.3. The number of ether oxygens (including phenoxy) is 2. The second-order valence-electron chi connectivity index (χ2n) is 5.59. The molecule has 1 aromatic heterocycles. The van der Waals surface area contributed by atoms with Crippen LogP contribution in [0.1, 0.15) is 41.6 Å². The normalized spacial score (nSPS) is 10.6. The average Bonchev–Trinajstić information content (AvgIpc) is 2.60. The lowest BCUT2D eigenvalue weighted by molar-refractivity contribution is 0.0941. The molecule has 0 saturated heterocycles. The van der Waals surface area contributed by atoms with Gasteiger partial charge in [-0.25, -0.2) is 4.98 Å². The molecule has 0 aliphatic carbocycles. The van der Waals surface area contributed by atoms with E-state index in [0.717, 1.165) is 0 Å². The summed E-state index contributed by atoms with van der Waals surface area (Å²) in [5.74, 6) is -0.720. The molecule has 0 unspecified atom stereocenters. The van der Waals surface area contributed by atoms with E-state index in [9.17, 15) is 15.0 Å². The van der Waals surface area contributed by atoms with E-state index in [1.807, 2.05) is 13.8 Å². The molecule has 0 saturated carbocycles. The summed E-state index contributed by atoms with van der Waals surface area (Å²) in [5.41, 5.74) is 0.412. The van der Waals surface area contributed by atoms with E-state index in [1.54, 1.807) is 18.2 Å². The summed E-state index contributed by atoms with van der Waals surface area (Å²) in [6, 6.07) is 5.29. The zero-order valence-corrected chi connectivity index (χ0v) is 14.5. The highest BCUT2D eigenvalue weighted by atomic mass is 16.5. The molecule has 3 N–H and O–H groups in total. The Labute approximate surface area is 145 Å². The third kappa shape index (κ3) is 3.90. The van der Waals surface area contributed by atoms with E-state index in [-0.39, 0.29) is 24.0 Å². The summed E-state index contributed by atoms with van der Waals surface area (Å²) in [7, 11) is 3.03. The van der Waals surface area contributed by atoms with Gasteiger partial charge in [-0.3, -0.25) is 4.79 Å². The molecule has 2 aromatic rings. The lowest BCUT2D eigenvalue weighted by Gasteiger charge is -2.14. The molecule has 8 heteroatoms. The molecule has 0 aliphatic rings. The van der Waals surface area contributed by atoms with E-state index >= 15 is 0 Å². The Balaban J connectivity index is 2.24. The third-order valence-corrected chi connectivity index (χ3v) is 3.54. The van der Waals surface area contributed by atoms with Crippen LogP contribution >= 0.6 is 0 Å². The Morgan fingerprint density at radius 2 is 1.92 bits per heavy atom. The van der Waals surface area contributed by atoms with Gasteiger partial charge in [-0.1, -0.05) is 26.0 Å². The molecule has 1 aromatic carbocycles. The number of hydrogen-bond acceptors (Lipinski definition) is 7. The number of benzene rings is 1. The highest BCUT2D eigenvalue weighted by molar-refractivity contribution is 5.95. The van der Waals surface area contributed by atoms with Gasteiger partial charge >= 0.3 is 0 Å². The number of methoxy groups -OCH3 is 2. The van der Waals surface area contributed by atoms with Crippen LogP contribution in [0.25, 0.3) is 0 Å². The summed E-state index contributed by atoms with van der Waals surface area (Å²) in [4.78, 5) is 20.2. The molecule has 0 atom stereocenters. The molecule has 0 fully saturated rings. The largest absolute Gasteiger partial charge is 0.501 e. The zero-order chi connectivity index (χ0) is 18.6. The van der Waals surface area contributed by atoms with Crippen molar-refractivity contribution in [3.05, 3.63) is 35.3 Å². The minimum Gasteiger partial charge on any atom is -0.501 e. The topological polar surface area (TPSA) is 114 Å². The van der Waals surface area contributed by atoms with E-state index < -0.39 is 17.5 Å². The number of nitrogens with one attached hydrogen (secondary N) is 1. The van der Waals surface area contributed by atoms with Crippen LogP contribution in [0.2, 0.25) is 0 Å². The number of carbonyl (C=O) groups is 1. The highest BCUT2D eigenvalue weighted by Gasteiger charge is 2.21. The summed E-state index contributed by atoms with van der Waals surface area (Å²) in [6.07, 6.45) is 0. The van der Waals surface area contributed by atoms with Gasteiger partial charge in [0.1, 0.15) is 5.82 Å². The first-order valence-electron chi connectivity index (χ1n) is 7.67. The Kier molecular flexibility index (Phi) is 5.63. The maximum absolute atomic E-state index is 12.4. The van der Waals surface area contributed by atoms with Crippen molar-refractivity contribution in [2.45, 2.75) is 26.3 Å². The maximum Gasteiger partial charge on any atom is 0.274 e. The van der Waals surface area contributed by atoms with Crippen molar-refractivity contribution in [2.24, 2.45) is 0 Å². The monoisotopic (exact) mass is 347 g/mol. The van der Waals surface area contributed by atoms with Gasteiger partial charge in [0.05, 0.1) is 14.2 Å². The minimum atomic E-state index is -0.653. The fourth-order valence-corrected chi connectivity index (χ4v) is 2.23.